The standard InChI is InChI=1S/C14H17N3O/c1-11(2)18-14-12(4-3-7-16-14)10-17-13-5-8-15-9-6-13/h3-9,11H,10H2,1-2H3,(H,15,17). The molecule has 0 aliphatic heterocycles. The molecule has 0 radical (unpaired) electrons. The first-order valence-corrected chi connectivity index (χ1v) is 6.00. The molecule has 0 amide bonds. The van der Waals surface area contributed by atoms with Crippen molar-refractivity contribution in [1.29, 1.82) is 0 Å². The lowest BCUT2D eigenvalue weighted by Gasteiger charge is -2.13. The summed E-state index contributed by atoms with van der Waals surface area (Å²) >= 11 is 0. The normalized spacial score (nSPS) is 10.4. The molecule has 0 spiro atoms. The van der Waals surface area contributed by atoms with Gasteiger partial charge in [0.15, 0.2) is 0 Å². The second-order valence-corrected chi connectivity index (χ2v) is 4.22. The fraction of sp³-hybridized carbons (Fsp3) is 0.286. The Balaban J connectivity index is 2.05. The van der Waals surface area contributed by atoms with Gasteiger partial charge in [-0.1, -0.05) is 6.07 Å². The maximum absolute atomic E-state index is 5.67. The number of hydrogen-bond donors (Lipinski definition) is 1. The number of anilines is 1. The monoisotopic (exact) mass is 243 g/mol. The van der Waals surface area contributed by atoms with E-state index in [1.165, 1.54) is 0 Å². The van der Waals surface area contributed by atoms with Crippen LogP contribution in [-0.2, 0) is 6.54 Å². The first kappa shape index (κ1) is 12.4. The van der Waals surface area contributed by atoms with Crippen molar-refractivity contribution in [3.8, 4) is 5.88 Å². The maximum atomic E-state index is 5.67. The highest BCUT2D eigenvalue weighted by Gasteiger charge is 2.06. The zero-order chi connectivity index (χ0) is 12.8. The van der Waals surface area contributed by atoms with Crippen LogP contribution in [0, 0.1) is 0 Å². The summed E-state index contributed by atoms with van der Waals surface area (Å²) < 4.78 is 5.67. The Kier molecular flexibility index (Phi) is 4.12. The molecule has 2 aromatic rings. The number of aromatic nitrogens is 2. The summed E-state index contributed by atoms with van der Waals surface area (Å²) in [5, 5.41) is 3.31. The van der Waals surface area contributed by atoms with E-state index in [0.29, 0.717) is 12.4 Å². The zero-order valence-corrected chi connectivity index (χ0v) is 10.6. The van der Waals surface area contributed by atoms with Gasteiger partial charge in [-0.2, -0.15) is 0 Å². The Morgan fingerprint density at radius 3 is 2.67 bits per heavy atom. The van der Waals surface area contributed by atoms with Gasteiger partial charge in [0.2, 0.25) is 5.88 Å². The Bertz CT molecular complexity index is 485. The van der Waals surface area contributed by atoms with E-state index in [4.69, 9.17) is 4.74 Å². The summed E-state index contributed by atoms with van der Waals surface area (Å²) in [5.41, 5.74) is 2.08. The first-order chi connectivity index (χ1) is 8.75. The molecule has 0 saturated carbocycles. The smallest absolute Gasteiger partial charge is 0.218 e. The van der Waals surface area contributed by atoms with Crippen molar-refractivity contribution in [2.75, 3.05) is 5.32 Å². The minimum Gasteiger partial charge on any atom is -0.475 e. The van der Waals surface area contributed by atoms with Gasteiger partial charge in [-0.15, -0.1) is 0 Å². The molecule has 2 rings (SSSR count). The minimum atomic E-state index is 0.125. The van der Waals surface area contributed by atoms with Gasteiger partial charge < -0.3 is 10.1 Å². The summed E-state index contributed by atoms with van der Waals surface area (Å²) in [6.07, 6.45) is 5.39. The first-order valence-electron chi connectivity index (χ1n) is 6.00. The predicted octanol–water partition coefficient (Wildman–Crippen LogP) is 2.88. The third-order valence-electron chi connectivity index (χ3n) is 2.36. The van der Waals surface area contributed by atoms with E-state index >= 15 is 0 Å². The summed E-state index contributed by atoms with van der Waals surface area (Å²) in [6.45, 7) is 4.67. The lowest BCUT2D eigenvalue weighted by atomic mass is 10.2. The highest BCUT2D eigenvalue weighted by Crippen LogP contribution is 2.17. The van der Waals surface area contributed by atoms with Crippen molar-refractivity contribution in [2.24, 2.45) is 0 Å². The van der Waals surface area contributed by atoms with E-state index < -0.39 is 0 Å². The van der Waals surface area contributed by atoms with E-state index in [9.17, 15) is 0 Å². The molecule has 4 heteroatoms. The minimum absolute atomic E-state index is 0.125. The molecule has 0 unspecified atom stereocenters. The number of pyridine rings is 2. The Hall–Kier alpha value is -2.10. The van der Waals surface area contributed by atoms with Crippen LogP contribution in [0.25, 0.3) is 0 Å². The molecule has 4 nitrogen and oxygen atoms in total. The number of hydrogen-bond acceptors (Lipinski definition) is 4. The topological polar surface area (TPSA) is 47.0 Å². The van der Waals surface area contributed by atoms with Gasteiger partial charge >= 0.3 is 0 Å². The van der Waals surface area contributed by atoms with Crippen molar-refractivity contribution in [3.63, 3.8) is 0 Å². The Morgan fingerprint density at radius 2 is 1.94 bits per heavy atom. The molecular weight excluding hydrogens is 226 g/mol. The quantitative estimate of drug-likeness (QED) is 0.877. The summed E-state index contributed by atoms with van der Waals surface area (Å²) in [6, 6.07) is 7.79. The van der Waals surface area contributed by atoms with Crippen LogP contribution in [0.2, 0.25) is 0 Å². The average Bonchev–Trinajstić information content (AvgIpc) is 2.38. The van der Waals surface area contributed by atoms with Crippen LogP contribution in [-0.4, -0.2) is 16.1 Å². The van der Waals surface area contributed by atoms with Crippen LogP contribution < -0.4 is 10.1 Å². The second kappa shape index (κ2) is 6.00. The van der Waals surface area contributed by atoms with Gasteiger partial charge in [0.05, 0.1) is 6.10 Å². The molecule has 0 aromatic carbocycles. The molecule has 2 aromatic heterocycles. The van der Waals surface area contributed by atoms with Crippen molar-refractivity contribution < 1.29 is 4.74 Å². The van der Waals surface area contributed by atoms with Crippen molar-refractivity contribution >= 4 is 5.69 Å². The molecule has 0 aliphatic rings. The number of nitrogens with one attached hydrogen (secondary N) is 1. The van der Waals surface area contributed by atoms with E-state index in [2.05, 4.69) is 15.3 Å². The van der Waals surface area contributed by atoms with Gasteiger partial charge in [0.1, 0.15) is 0 Å². The number of rotatable bonds is 5. The molecule has 0 atom stereocenters. The van der Waals surface area contributed by atoms with Gasteiger partial charge in [0.25, 0.3) is 0 Å². The molecule has 0 fully saturated rings. The SMILES string of the molecule is CC(C)Oc1ncccc1CNc1ccncc1. The van der Waals surface area contributed by atoms with Crippen LogP contribution in [0.4, 0.5) is 5.69 Å². The molecular formula is C14H17N3O. The predicted molar refractivity (Wildman–Crippen MR) is 71.6 cm³/mol. The molecule has 0 saturated heterocycles. The molecule has 2 heterocycles. The highest BCUT2D eigenvalue weighted by molar-refractivity contribution is 5.42. The number of ether oxygens (including phenoxy) is 1. The Morgan fingerprint density at radius 1 is 1.17 bits per heavy atom. The largest absolute Gasteiger partial charge is 0.475 e. The van der Waals surface area contributed by atoms with Gasteiger partial charge in [0, 0.05) is 36.4 Å². The van der Waals surface area contributed by atoms with Gasteiger partial charge in [-0.25, -0.2) is 4.98 Å². The fourth-order valence-electron chi connectivity index (χ4n) is 1.56. The second-order valence-electron chi connectivity index (χ2n) is 4.22. The van der Waals surface area contributed by atoms with Crippen LogP contribution in [0.1, 0.15) is 19.4 Å². The molecule has 1 N–H and O–H groups in total. The van der Waals surface area contributed by atoms with Gasteiger partial charge in [-0.3, -0.25) is 4.98 Å². The average molecular weight is 243 g/mol. The van der Waals surface area contributed by atoms with Crippen molar-refractivity contribution in [3.05, 3.63) is 48.4 Å². The molecule has 18 heavy (non-hydrogen) atoms. The van der Waals surface area contributed by atoms with Crippen LogP contribution in [0.5, 0.6) is 5.88 Å². The molecule has 94 valence electrons. The van der Waals surface area contributed by atoms with E-state index in [1.54, 1.807) is 18.6 Å². The van der Waals surface area contributed by atoms with Crippen LogP contribution in [0.15, 0.2) is 42.9 Å². The van der Waals surface area contributed by atoms with Crippen molar-refractivity contribution in [2.45, 2.75) is 26.5 Å². The van der Waals surface area contributed by atoms with Crippen LogP contribution in [0.3, 0.4) is 0 Å². The highest BCUT2D eigenvalue weighted by atomic mass is 16.5. The summed E-state index contributed by atoms with van der Waals surface area (Å²) in [4.78, 5) is 8.24. The molecule has 0 aliphatic carbocycles. The summed E-state index contributed by atoms with van der Waals surface area (Å²) in [7, 11) is 0. The lowest BCUT2D eigenvalue weighted by molar-refractivity contribution is 0.230. The zero-order valence-electron chi connectivity index (χ0n) is 10.6. The fourth-order valence-corrected chi connectivity index (χ4v) is 1.56. The number of nitrogens with zero attached hydrogens (tertiary/aromatic N) is 2. The lowest BCUT2D eigenvalue weighted by Crippen LogP contribution is -2.10. The van der Waals surface area contributed by atoms with E-state index in [0.717, 1.165) is 11.3 Å². The summed E-state index contributed by atoms with van der Waals surface area (Å²) in [5.74, 6) is 0.689. The van der Waals surface area contributed by atoms with Crippen LogP contribution >= 0.6 is 0 Å². The van der Waals surface area contributed by atoms with Crippen molar-refractivity contribution in [1.82, 2.24) is 9.97 Å². The molecule has 0 bridgehead atoms. The third-order valence-corrected chi connectivity index (χ3v) is 2.36. The maximum Gasteiger partial charge on any atom is 0.218 e. The van der Waals surface area contributed by atoms with E-state index in [1.807, 2.05) is 38.1 Å². The Labute approximate surface area is 107 Å². The third kappa shape index (κ3) is 3.45. The van der Waals surface area contributed by atoms with E-state index in [-0.39, 0.29) is 6.10 Å². The van der Waals surface area contributed by atoms with Gasteiger partial charge in [-0.05, 0) is 32.0 Å².